The van der Waals surface area contributed by atoms with Crippen LogP contribution in [0.1, 0.15) is 23.6 Å². The molecule has 79 valence electrons. The van der Waals surface area contributed by atoms with Crippen LogP contribution in [-0.2, 0) is 0 Å². The first-order chi connectivity index (χ1) is 7.75. The Hall–Kier alpha value is -1.82. The molecule has 0 fully saturated rings. The van der Waals surface area contributed by atoms with Gasteiger partial charge in [0.2, 0.25) is 0 Å². The molecule has 0 nitrogen and oxygen atoms in total. The fourth-order valence-electron chi connectivity index (χ4n) is 1.61. The van der Waals surface area contributed by atoms with E-state index in [1.807, 2.05) is 25.1 Å². The molecule has 0 bridgehead atoms. The summed E-state index contributed by atoms with van der Waals surface area (Å²) in [6, 6.07) is 18.8. The van der Waals surface area contributed by atoms with E-state index in [2.05, 4.69) is 49.4 Å². The maximum absolute atomic E-state index is 3.93. The third kappa shape index (κ3) is 2.60. The van der Waals surface area contributed by atoms with Crippen LogP contribution < -0.4 is 0 Å². The molecule has 0 unspecified atom stereocenters. The summed E-state index contributed by atoms with van der Waals surface area (Å²) in [5.41, 5.74) is 4.75. The molecule has 2 aromatic carbocycles. The molecule has 0 heteroatoms. The summed E-state index contributed by atoms with van der Waals surface area (Å²) in [4.78, 5) is 0. The Morgan fingerprint density at radius 3 is 2.00 bits per heavy atom. The largest absolute Gasteiger partial charge is 0.0955 e. The number of benzene rings is 2. The SMILES string of the molecule is C=C(C)c1ccc([CH]c2ccccc2)cc1. The Morgan fingerprint density at radius 2 is 1.44 bits per heavy atom. The average molecular weight is 207 g/mol. The van der Waals surface area contributed by atoms with Crippen LogP contribution in [0.4, 0.5) is 0 Å². The Bertz CT molecular complexity index is 463. The Balaban J connectivity index is 2.14. The molecule has 1 radical (unpaired) electrons. The molecule has 0 spiro atoms. The monoisotopic (exact) mass is 207 g/mol. The van der Waals surface area contributed by atoms with E-state index in [-0.39, 0.29) is 0 Å². The summed E-state index contributed by atoms with van der Waals surface area (Å²) in [6.45, 7) is 5.95. The zero-order valence-electron chi connectivity index (χ0n) is 9.48. The van der Waals surface area contributed by atoms with Crippen LogP contribution >= 0.6 is 0 Å². The van der Waals surface area contributed by atoms with Gasteiger partial charge in [-0.2, -0.15) is 0 Å². The highest BCUT2D eigenvalue weighted by atomic mass is 14.0. The molecule has 0 saturated carbocycles. The van der Waals surface area contributed by atoms with E-state index in [4.69, 9.17) is 0 Å². The van der Waals surface area contributed by atoms with Gasteiger partial charge in [-0.25, -0.2) is 0 Å². The summed E-state index contributed by atoms with van der Waals surface area (Å²) in [5.74, 6) is 0. The van der Waals surface area contributed by atoms with Crippen molar-refractivity contribution >= 4 is 5.57 Å². The van der Waals surface area contributed by atoms with Crippen molar-refractivity contribution in [2.24, 2.45) is 0 Å². The highest BCUT2D eigenvalue weighted by Crippen LogP contribution is 2.16. The van der Waals surface area contributed by atoms with Crippen LogP contribution in [0.2, 0.25) is 0 Å². The first kappa shape index (κ1) is 10.7. The molecule has 0 aliphatic heterocycles. The van der Waals surface area contributed by atoms with Crippen molar-refractivity contribution in [1.82, 2.24) is 0 Å². The van der Waals surface area contributed by atoms with E-state index < -0.39 is 0 Å². The maximum atomic E-state index is 3.93. The van der Waals surface area contributed by atoms with Gasteiger partial charge in [-0.15, -0.1) is 0 Å². The zero-order valence-corrected chi connectivity index (χ0v) is 9.48. The molecule has 0 saturated heterocycles. The third-order valence-electron chi connectivity index (χ3n) is 2.54. The van der Waals surface area contributed by atoms with Crippen LogP contribution in [0, 0.1) is 6.42 Å². The molecule has 0 atom stereocenters. The lowest BCUT2D eigenvalue weighted by atomic mass is 10.0. The smallest absolute Gasteiger partial charge is 0.0199 e. The normalized spacial score (nSPS) is 10.1. The van der Waals surface area contributed by atoms with Gasteiger partial charge in [0.05, 0.1) is 0 Å². The van der Waals surface area contributed by atoms with Gasteiger partial charge < -0.3 is 0 Å². The van der Waals surface area contributed by atoms with Gasteiger partial charge in [-0.05, 0) is 23.6 Å². The standard InChI is InChI=1S/C16H15/c1-13(2)16-10-8-15(9-11-16)12-14-6-4-3-5-7-14/h3-12H,1H2,2H3. The van der Waals surface area contributed by atoms with Crippen LogP contribution in [-0.4, -0.2) is 0 Å². The molecular weight excluding hydrogens is 192 g/mol. The minimum atomic E-state index is 1.10. The summed E-state index contributed by atoms with van der Waals surface area (Å²) >= 11 is 0. The summed E-state index contributed by atoms with van der Waals surface area (Å²) in [7, 11) is 0. The molecule has 0 aromatic heterocycles. The lowest BCUT2D eigenvalue weighted by molar-refractivity contribution is 1.42. The minimum Gasteiger partial charge on any atom is -0.0955 e. The first-order valence-electron chi connectivity index (χ1n) is 5.41. The maximum Gasteiger partial charge on any atom is 0.0199 e. The first-order valence-corrected chi connectivity index (χ1v) is 5.41. The number of rotatable bonds is 3. The van der Waals surface area contributed by atoms with Crippen LogP contribution in [0.3, 0.4) is 0 Å². The summed E-state index contributed by atoms with van der Waals surface area (Å²) in [6.07, 6.45) is 2.17. The fourth-order valence-corrected chi connectivity index (χ4v) is 1.61. The molecule has 16 heavy (non-hydrogen) atoms. The fraction of sp³-hybridized carbons (Fsp3) is 0.0625. The van der Waals surface area contributed by atoms with Crippen molar-refractivity contribution in [3.8, 4) is 0 Å². The third-order valence-corrected chi connectivity index (χ3v) is 2.54. The van der Waals surface area contributed by atoms with Crippen LogP contribution in [0.5, 0.6) is 0 Å². The van der Waals surface area contributed by atoms with Gasteiger partial charge in [-0.1, -0.05) is 66.7 Å². The highest BCUT2D eigenvalue weighted by molar-refractivity contribution is 5.61. The molecule has 0 amide bonds. The van der Waals surface area contributed by atoms with Gasteiger partial charge in [0.15, 0.2) is 0 Å². The minimum absolute atomic E-state index is 1.10. The molecule has 2 aromatic rings. The molecule has 0 N–H and O–H groups in total. The number of allylic oxidation sites excluding steroid dienone is 1. The summed E-state index contributed by atoms with van der Waals surface area (Å²) in [5, 5.41) is 0. The van der Waals surface area contributed by atoms with Crippen molar-refractivity contribution in [1.29, 1.82) is 0 Å². The van der Waals surface area contributed by atoms with Crippen molar-refractivity contribution in [3.63, 3.8) is 0 Å². The van der Waals surface area contributed by atoms with Gasteiger partial charge in [0.1, 0.15) is 0 Å². The van der Waals surface area contributed by atoms with Crippen molar-refractivity contribution < 1.29 is 0 Å². The summed E-state index contributed by atoms with van der Waals surface area (Å²) < 4.78 is 0. The zero-order chi connectivity index (χ0) is 11.4. The number of hydrogen-bond donors (Lipinski definition) is 0. The van der Waals surface area contributed by atoms with Gasteiger partial charge in [-0.3, -0.25) is 0 Å². The number of hydrogen-bond acceptors (Lipinski definition) is 0. The van der Waals surface area contributed by atoms with Crippen LogP contribution in [0.15, 0.2) is 61.2 Å². The predicted molar refractivity (Wildman–Crippen MR) is 70.1 cm³/mol. The predicted octanol–water partition coefficient (Wildman–Crippen LogP) is 4.32. The van der Waals surface area contributed by atoms with Gasteiger partial charge in [0, 0.05) is 6.42 Å². The average Bonchev–Trinajstić information content (AvgIpc) is 2.31. The van der Waals surface area contributed by atoms with Gasteiger partial charge >= 0.3 is 0 Å². The molecule has 0 aliphatic carbocycles. The van der Waals surface area contributed by atoms with E-state index in [9.17, 15) is 0 Å². The van der Waals surface area contributed by atoms with E-state index >= 15 is 0 Å². The van der Waals surface area contributed by atoms with Crippen LogP contribution in [0.25, 0.3) is 5.57 Å². The Kier molecular flexibility index (Phi) is 3.21. The van der Waals surface area contributed by atoms with Crippen molar-refractivity contribution in [2.45, 2.75) is 6.92 Å². The van der Waals surface area contributed by atoms with E-state index in [1.54, 1.807) is 0 Å². The second kappa shape index (κ2) is 4.80. The lowest BCUT2D eigenvalue weighted by Gasteiger charge is -2.03. The van der Waals surface area contributed by atoms with Crippen molar-refractivity contribution in [3.05, 3.63) is 84.3 Å². The van der Waals surface area contributed by atoms with Crippen molar-refractivity contribution in [2.75, 3.05) is 0 Å². The second-order valence-electron chi connectivity index (χ2n) is 3.96. The topological polar surface area (TPSA) is 0 Å². The molecule has 2 rings (SSSR count). The highest BCUT2D eigenvalue weighted by Gasteiger charge is 1.97. The van der Waals surface area contributed by atoms with E-state index in [1.165, 1.54) is 16.7 Å². The molecule has 0 aliphatic rings. The molecule has 0 heterocycles. The lowest BCUT2D eigenvalue weighted by Crippen LogP contribution is -1.85. The van der Waals surface area contributed by atoms with E-state index in [0.717, 1.165) is 5.57 Å². The van der Waals surface area contributed by atoms with Gasteiger partial charge in [0.25, 0.3) is 0 Å². The van der Waals surface area contributed by atoms with E-state index in [0.29, 0.717) is 0 Å². The Labute approximate surface area is 97.3 Å². The second-order valence-corrected chi connectivity index (χ2v) is 3.96. The Morgan fingerprint density at radius 1 is 0.875 bits per heavy atom. The molecular formula is C16H15. The quantitative estimate of drug-likeness (QED) is 0.703.